The van der Waals surface area contributed by atoms with Gasteiger partial charge in [0.05, 0.1) is 16.6 Å². The Morgan fingerprint density at radius 1 is 1.33 bits per heavy atom. The van der Waals surface area contributed by atoms with E-state index >= 15 is 0 Å². The van der Waals surface area contributed by atoms with E-state index in [4.69, 9.17) is 0 Å². The first-order chi connectivity index (χ1) is 3.72. The van der Waals surface area contributed by atoms with Gasteiger partial charge >= 0.3 is 29.6 Å². The molecule has 6 heteroatoms. The van der Waals surface area contributed by atoms with Crippen LogP contribution in [-0.2, 0) is 0 Å². The smallest absolute Gasteiger partial charge is 1.00 e. The van der Waals surface area contributed by atoms with Crippen LogP contribution in [0.1, 0.15) is 15.3 Å². The summed E-state index contributed by atoms with van der Waals surface area (Å²) in [6.07, 6.45) is 0. The fourth-order valence-electron chi connectivity index (χ4n) is 0.203. The molecular weight excluding hydrogens is 133 g/mol. The number of nitrogens with zero attached hydrogens (tertiary/aromatic N) is 3. The van der Waals surface area contributed by atoms with Crippen molar-refractivity contribution in [1.82, 2.24) is 5.12 Å². The van der Waals surface area contributed by atoms with Crippen molar-refractivity contribution in [2.45, 2.75) is 19.9 Å². The largest absolute Gasteiger partial charge is 1.00 e. The first-order valence-electron chi connectivity index (χ1n) is 2.18. The predicted octanol–water partition coefficient (Wildman–Crippen LogP) is -1.82. The van der Waals surface area contributed by atoms with E-state index in [2.05, 4.69) is 10.6 Å². The van der Waals surface area contributed by atoms with Crippen molar-refractivity contribution in [3.05, 3.63) is 9.81 Å². The number of nitroso groups, excluding NO2 is 2. The molecule has 0 bridgehead atoms. The Morgan fingerprint density at radius 3 is 1.67 bits per heavy atom. The third kappa shape index (κ3) is 4.50. The summed E-state index contributed by atoms with van der Waals surface area (Å²) in [5.74, 6) is 0. The van der Waals surface area contributed by atoms with Gasteiger partial charge in [0.25, 0.3) is 0 Å². The fraction of sp³-hybridized carbons (Fsp3) is 1.00. The molecule has 9 heavy (non-hydrogen) atoms. The molecule has 0 saturated carbocycles. The van der Waals surface area contributed by atoms with Gasteiger partial charge in [0.1, 0.15) is 0 Å². The minimum Gasteiger partial charge on any atom is -1.00 e. The predicted molar refractivity (Wildman–Crippen MR) is 29.7 cm³/mol. The Hall–Kier alpha value is 0. The van der Waals surface area contributed by atoms with Gasteiger partial charge < -0.3 is 1.43 Å². The van der Waals surface area contributed by atoms with Gasteiger partial charge in [0, 0.05) is 0 Å². The maximum atomic E-state index is 9.56. The Balaban J connectivity index is -0.000000245. The molecule has 0 aromatic carbocycles. The molecule has 48 valence electrons. The van der Waals surface area contributed by atoms with Crippen LogP contribution in [0.2, 0.25) is 0 Å². The Kier molecular flexibility index (Phi) is 8.00. The first kappa shape index (κ1) is 11.8. The van der Waals surface area contributed by atoms with E-state index in [1.54, 1.807) is 13.8 Å². The van der Waals surface area contributed by atoms with Crippen molar-refractivity contribution in [3.8, 4) is 0 Å². The van der Waals surface area contributed by atoms with Crippen molar-refractivity contribution in [1.29, 1.82) is 0 Å². The second kappa shape index (κ2) is 6.12. The summed E-state index contributed by atoms with van der Waals surface area (Å²) in [7, 11) is 0. The third-order valence-electron chi connectivity index (χ3n) is 0.629. The number of hydrogen-bond donors (Lipinski definition) is 0. The van der Waals surface area contributed by atoms with Crippen LogP contribution in [0.3, 0.4) is 0 Å². The average molecular weight is 141 g/mol. The summed E-state index contributed by atoms with van der Waals surface area (Å²) in [5.41, 5.74) is 0. The SMILES string of the molecule is CC(C)N(N=O)N=O.[H-].[Na+]. The zero-order chi connectivity index (χ0) is 6.57. The normalized spacial score (nSPS) is 7.89. The van der Waals surface area contributed by atoms with E-state index in [1.165, 1.54) is 0 Å². The van der Waals surface area contributed by atoms with Gasteiger partial charge in [-0.1, -0.05) is 0 Å². The van der Waals surface area contributed by atoms with Crippen molar-refractivity contribution < 1.29 is 31.0 Å². The van der Waals surface area contributed by atoms with Crippen molar-refractivity contribution in [2.75, 3.05) is 0 Å². The molecule has 0 radical (unpaired) electrons. The van der Waals surface area contributed by atoms with Crippen molar-refractivity contribution in [2.24, 2.45) is 10.6 Å². The van der Waals surface area contributed by atoms with Crippen LogP contribution in [0.25, 0.3) is 0 Å². The molecule has 0 aromatic heterocycles. The van der Waals surface area contributed by atoms with E-state index in [-0.39, 0.29) is 37.0 Å². The zero-order valence-corrected chi connectivity index (χ0v) is 7.74. The second-order valence-electron chi connectivity index (χ2n) is 1.58. The molecular formula is C3H8N3NaO2. The Bertz CT molecular complexity index is 93.7. The zero-order valence-electron chi connectivity index (χ0n) is 6.74. The fourth-order valence-corrected chi connectivity index (χ4v) is 0.203. The van der Waals surface area contributed by atoms with Crippen LogP contribution in [-0.4, -0.2) is 11.2 Å². The molecule has 0 aliphatic heterocycles. The van der Waals surface area contributed by atoms with Crippen LogP contribution in [0.5, 0.6) is 0 Å². The van der Waals surface area contributed by atoms with E-state index in [0.717, 1.165) is 0 Å². The molecule has 0 saturated heterocycles. The number of rotatable bonds is 3. The average Bonchev–Trinajstić information content (AvgIpc) is 1.69. The minimum atomic E-state index is -0.245. The van der Waals surface area contributed by atoms with Crippen LogP contribution >= 0.6 is 0 Å². The molecule has 0 fully saturated rings. The first-order valence-corrected chi connectivity index (χ1v) is 2.18. The number of hydrogen-bond acceptors (Lipinski definition) is 4. The quantitative estimate of drug-likeness (QED) is 0.264. The third-order valence-corrected chi connectivity index (χ3v) is 0.629. The summed E-state index contributed by atoms with van der Waals surface area (Å²) in [6, 6.07) is -0.245. The summed E-state index contributed by atoms with van der Waals surface area (Å²) >= 11 is 0. The molecule has 0 aliphatic carbocycles. The Morgan fingerprint density at radius 2 is 1.67 bits per heavy atom. The molecule has 0 aliphatic rings. The van der Waals surface area contributed by atoms with Gasteiger partial charge in [-0.3, -0.25) is 0 Å². The minimum absolute atomic E-state index is 0. The van der Waals surface area contributed by atoms with Crippen LogP contribution in [0.4, 0.5) is 0 Å². The van der Waals surface area contributed by atoms with Crippen LogP contribution in [0.15, 0.2) is 10.6 Å². The standard InChI is InChI=1S/C3H7N3O2.Na.H/c1-3(2)6(4-7)5-8;;/h3H,1-2H3;;/q;+1;-1. The molecule has 0 aromatic rings. The molecule has 0 atom stereocenters. The maximum absolute atomic E-state index is 9.56. The Labute approximate surface area is 76.5 Å². The van der Waals surface area contributed by atoms with E-state index < -0.39 is 0 Å². The van der Waals surface area contributed by atoms with E-state index in [9.17, 15) is 9.81 Å². The van der Waals surface area contributed by atoms with Gasteiger partial charge in [0.2, 0.25) is 0 Å². The maximum Gasteiger partial charge on any atom is 1.00 e. The van der Waals surface area contributed by atoms with Gasteiger partial charge in [-0.05, 0) is 13.8 Å². The molecule has 5 nitrogen and oxygen atoms in total. The topological polar surface area (TPSA) is 62.1 Å². The molecule has 0 spiro atoms. The molecule has 0 rings (SSSR count). The molecule has 0 N–H and O–H groups in total. The van der Waals surface area contributed by atoms with E-state index in [1.807, 2.05) is 0 Å². The van der Waals surface area contributed by atoms with Crippen LogP contribution in [0, 0.1) is 9.81 Å². The second-order valence-corrected chi connectivity index (χ2v) is 1.58. The molecule has 0 unspecified atom stereocenters. The van der Waals surface area contributed by atoms with Gasteiger partial charge in [0.15, 0.2) is 0 Å². The van der Waals surface area contributed by atoms with Crippen molar-refractivity contribution in [3.63, 3.8) is 0 Å². The van der Waals surface area contributed by atoms with Crippen LogP contribution < -0.4 is 29.6 Å². The summed E-state index contributed by atoms with van der Waals surface area (Å²) < 4.78 is 0. The summed E-state index contributed by atoms with van der Waals surface area (Å²) in [5, 5.41) is 5.18. The monoisotopic (exact) mass is 141 g/mol. The molecule has 0 amide bonds. The molecule has 0 heterocycles. The van der Waals surface area contributed by atoms with Gasteiger partial charge in [-0.15, -0.1) is 14.9 Å². The summed E-state index contributed by atoms with van der Waals surface area (Å²) in [6.45, 7) is 3.28. The van der Waals surface area contributed by atoms with Crippen molar-refractivity contribution >= 4 is 0 Å². The van der Waals surface area contributed by atoms with Gasteiger partial charge in [-0.25, -0.2) is 0 Å². The summed E-state index contributed by atoms with van der Waals surface area (Å²) in [4.78, 5) is 19.1. The van der Waals surface area contributed by atoms with E-state index in [0.29, 0.717) is 5.12 Å². The van der Waals surface area contributed by atoms with Gasteiger partial charge in [-0.2, -0.15) is 0 Å².